The number of hydrogen-bond acceptors (Lipinski definition) is 4. The minimum atomic E-state index is -0.860. The molecule has 7 heavy (non-hydrogen) atoms. The number of rotatable bonds is 1. The molecule has 0 bridgehead atoms. The Labute approximate surface area is 42.4 Å². The molecule has 1 unspecified atom stereocenters. The van der Waals surface area contributed by atoms with Crippen LogP contribution in [0.1, 0.15) is 0 Å². The van der Waals surface area contributed by atoms with Crippen LogP contribution in [0.15, 0.2) is 0 Å². The van der Waals surface area contributed by atoms with Gasteiger partial charge in [0.15, 0.2) is 0 Å². The van der Waals surface area contributed by atoms with E-state index >= 15 is 0 Å². The summed E-state index contributed by atoms with van der Waals surface area (Å²) < 4.78 is 7.89. The predicted octanol–water partition coefficient (Wildman–Crippen LogP) is 0.270. The standard InChI is InChI=1S/C2H5O4P/c1-5-2(3)6-7-4/h4,7H,1H3. The highest BCUT2D eigenvalue weighted by Crippen LogP contribution is 2.03. The van der Waals surface area contributed by atoms with Crippen molar-refractivity contribution in [2.75, 3.05) is 7.11 Å². The molecular formula is C2H5O4P. The normalized spacial score (nSPS) is 9.43. The van der Waals surface area contributed by atoms with Gasteiger partial charge < -0.3 is 14.2 Å². The zero-order valence-corrected chi connectivity index (χ0v) is 4.67. The van der Waals surface area contributed by atoms with Crippen LogP contribution >= 0.6 is 9.03 Å². The van der Waals surface area contributed by atoms with Crippen LogP contribution in [0, 0.1) is 0 Å². The molecule has 0 fully saturated rings. The van der Waals surface area contributed by atoms with E-state index in [0.29, 0.717) is 0 Å². The fourth-order valence-electron chi connectivity index (χ4n) is 0.0789. The van der Waals surface area contributed by atoms with Crippen molar-refractivity contribution >= 4 is 15.2 Å². The molecule has 0 radical (unpaired) electrons. The molecule has 1 atom stereocenters. The van der Waals surface area contributed by atoms with Crippen LogP contribution in [0.25, 0.3) is 0 Å². The summed E-state index contributed by atoms with van der Waals surface area (Å²) in [6.45, 7) is 0. The first kappa shape index (κ1) is 6.66. The van der Waals surface area contributed by atoms with Gasteiger partial charge in [-0.2, -0.15) is 0 Å². The number of carbonyl (C=O) groups excluding carboxylic acids is 1. The largest absolute Gasteiger partial charge is 0.512 e. The molecule has 42 valence electrons. The highest BCUT2D eigenvalue weighted by atomic mass is 31.1. The van der Waals surface area contributed by atoms with E-state index in [9.17, 15) is 4.79 Å². The van der Waals surface area contributed by atoms with Gasteiger partial charge in [0, 0.05) is 0 Å². The van der Waals surface area contributed by atoms with Gasteiger partial charge in [-0.05, 0) is 0 Å². The van der Waals surface area contributed by atoms with E-state index in [1.165, 1.54) is 7.11 Å². The first-order valence-corrected chi connectivity index (χ1v) is 2.30. The Kier molecular flexibility index (Phi) is 3.65. The van der Waals surface area contributed by atoms with Gasteiger partial charge in [0.1, 0.15) is 0 Å². The molecular weight excluding hydrogens is 119 g/mol. The predicted molar refractivity (Wildman–Crippen MR) is 24.0 cm³/mol. The molecule has 0 spiro atoms. The smallest absolute Gasteiger partial charge is 0.437 e. The van der Waals surface area contributed by atoms with E-state index in [1.807, 2.05) is 0 Å². The first-order chi connectivity index (χ1) is 3.31. The second kappa shape index (κ2) is 3.84. The van der Waals surface area contributed by atoms with E-state index in [4.69, 9.17) is 4.89 Å². The summed E-state index contributed by atoms with van der Waals surface area (Å²) in [5, 5.41) is 0. The Hall–Kier alpha value is -0.340. The van der Waals surface area contributed by atoms with Gasteiger partial charge in [0.2, 0.25) is 9.03 Å². The van der Waals surface area contributed by atoms with Crippen molar-refractivity contribution in [3.8, 4) is 0 Å². The lowest BCUT2D eigenvalue weighted by molar-refractivity contribution is 0.124. The van der Waals surface area contributed by atoms with Crippen LogP contribution in [0.5, 0.6) is 0 Å². The Balaban J connectivity index is 3.00. The molecule has 0 aromatic rings. The SMILES string of the molecule is COC(=O)OPO. The van der Waals surface area contributed by atoms with Crippen LogP contribution in [0.2, 0.25) is 0 Å². The van der Waals surface area contributed by atoms with Gasteiger partial charge in [-0.15, -0.1) is 0 Å². The second-order valence-electron chi connectivity index (χ2n) is 0.647. The van der Waals surface area contributed by atoms with Gasteiger partial charge in [0.05, 0.1) is 7.11 Å². The van der Waals surface area contributed by atoms with Crippen molar-refractivity contribution in [1.29, 1.82) is 0 Å². The van der Waals surface area contributed by atoms with Gasteiger partial charge >= 0.3 is 6.16 Å². The quantitative estimate of drug-likeness (QED) is 0.402. The molecule has 0 aliphatic heterocycles. The van der Waals surface area contributed by atoms with E-state index in [0.717, 1.165) is 0 Å². The molecule has 0 heterocycles. The molecule has 0 aliphatic carbocycles. The molecule has 0 saturated heterocycles. The number of carbonyl (C=O) groups is 1. The number of ether oxygens (including phenoxy) is 1. The van der Waals surface area contributed by atoms with E-state index in [-0.39, 0.29) is 0 Å². The zero-order chi connectivity index (χ0) is 5.70. The van der Waals surface area contributed by atoms with Crippen molar-refractivity contribution in [3.63, 3.8) is 0 Å². The van der Waals surface area contributed by atoms with Crippen LogP contribution in [0.4, 0.5) is 4.79 Å². The maximum atomic E-state index is 9.81. The Bertz CT molecular complexity index is 62.7. The summed E-state index contributed by atoms with van der Waals surface area (Å²) in [6.07, 6.45) is -0.860. The Morgan fingerprint density at radius 3 is 2.57 bits per heavy atom. The third-order valence-corrected chi connectivity index (χ3v) is 0.554. The van der Waals surface area contributed by atoms with Crippen LogP contribution < -0.4 is 0 Å². The monoisotopic (exact) mass is 124 g/mol. The minimum absolute atomic E-state index is 0.830. The fraction of sp³-hybridized carbons (Fsp3) is 0.500. The van der Waals surface area contributed by atoms with Gasteiger partial charge in [-0.3, -0.25) is 0 Å². The Morgan fingerprint density at radius 1 is 1.86 bits per heavy atom. The van der Waals surface area contributed by atoms with E-state index < -0.39 is 15.2 Å². The number of hydrogen-bond donors (Lipinski definition) is 1. The van der Waals surface area contributed by atoms with Gasteiger partial charge in [0.25, 0.3) is 0 Å². The molecule has 1 N–H and O–H groups in total. The number of methoxy groups -OCH3 is 1. The molecule has 0 saturated carbocycles. The fourth-order valence-corrected chi connectivity index (χ4v) is 0.237. The lowest BCUT2D eigenvalue weighted by atomic mass is 11.4. The maximum Gasteiger partial charge on any atom is 0.512 e. The molecule has 0 aromatic carbocycles. The van der Waals surface area contributed by atoms with E-state index in [1.54, 1.807) is 0 Å². The van der Waals surface area contributed by atoms with Gasteiger partial charge in [-0.1, -0.05) is 0 Å². The molecule has 0 amide bonds. The Morgan fingerprint density at radius 2 is 2.43 bits per heavy atom. The van der Waals surface area contributed by atoms with Crippen molar-refractivity contribution in [2.24, 2.45) is 0 Å². The average molecular weight is 124 g/mol. The zero-order valence-electron chi connectivity index (χ0n) is 3.67. The molecule has 0 aromatic heterocycles. The summed E-state index contributed by atoms with van der Waals surface area (Å²) in [5.41, 5.74) is 0. The molecule has 0 rings (SSSR count). The summed E-state index contributed by atoms with van der Waals surface area (Å²) in [5.74, 6) is 0. The lowest BCUT2D eigenvalue weighted by Gasteiger charge is -1.93. The minimum Gasteiger partial charge on any atom is -0.437 e. The molecule has 0 aliphatic rings. The topological polar surface area (TPSA) is 55.8 Å². The van der Waals surface area contributed by atoms with Crippen LogP contribution in [0.3, 0.4) is 0 Å². The van der Waals surface area contributed by atoms with Crippen molar-refractivity contribution in [1.82, 2.24) is 0 Å². The average Bonchev–Trinajstić information content (AvgIpc) is 1.68. The van der Waals surface area contributed by atoms with E-state index in [2.05, 4.69) is 9.26 Å². The molecule has 4 nitrogen and oxygen atoms in total. The van der Waals surface area contributed by atoms with Gasteiger partial charge in [-0.25, -0.2) is 4.79 Å². The third kappa shape index (κ3) is 3.49. The van der Waals surface area contributed by atoms with Crippen molar-refractivity contribution < 1.29 is 18.9 Å². The second-order valence-corrected chi connectivity index (χ2v) is 1.03. The van der Waals surface area contributed by atoms with Crippen LogP contribution in [-0.4, -0.2) is 18.2 Å². The maximum absolute atomic E-state index is 9.81. The third-order valence-electron chi connectivity index (χ3n) is 0.296. The summed E-state index contributed by atoms with van der Waals surface area (Å²) >= 11 is 0. The van der Waals surface area contributed by atoms with Crippen LogP contribution in [-0.2, 0) is 9.26 Å². The summed E-state index contributed by atoms with van der Waals surface area (Å²) in [4.78, 5) is 17.7. The van der Waals surface area contributed by atoms with Crippen molar-refractivity contribution in [3.05, 3.63) is 0 Å². The summed E-state index contributed by atoms with van der Waals surface area (Å²) in [7, 11) is 0.340. The summed E-state index contributed by atoms with van der Waals surface area (Å²) in [6, 6.07) is 0. The lowest BCUT2D eigenvalue weighted by Crippen LogP contribution is -1.95. The highest BCUT2D eigenvalue weighted by Gasteiger charge is 1.94. The highest BCUT2D eigenvalue weighted by molar-refractivity contribution is 7.25. The first-order valence-electron chi connectivity index (χ1n) is 1.45. The van der Waals surface area contributed by atoms with Crippen molar-refractivity contribution in [2.45, 2.75) is 0 Å². The molecule has 5 heteroatoms.